The van der Waals surface area contributed by atoms with Crippen molar-refractivity contribution in [2.24, 2.45) is 10.8 Å². The van der Waals surface area contributed by atoms with Gasteiger partial charge in [0, 0.05) is 30.7 Å². The number of hydrogen-bond donors (Lipinski definition) is 8. The molecular weight excluding hydrogens is 1540 g/mol. The summed E-state index contributed by atoms with van der Waals surface area (Å²) in [6.07, 6.45) is 5.33. The lowest BCUT2D eigenvalue weighted by atomic mass is 9.81. The molecule has 1 atom stereocenters. The summed E-state index contributed by atoms with van der Waals surface area (Å²) >= 11 is 0. The monoisotopic (exact) mass is 1700 g/mol. The second kappa shape index (κ2) is 47.8. The third-order valence-corrected chi connectivity index (χ3v) is 62.4. The zero-order chi connectivity index (χ0) is 80.5. The van der Waals surface area contributed by atoms with Gasteiger partial charge in [0.05, 0.1) is 59.5 Å². The zero-order valence-electron chi connectivity index (χ0n) is 72.2. The molecule has 0 radical (unpaired) electrons. The van der Waals surface area contributed by atoms with Crippen molar-refractivity contribution in [3.05, 3.63) is 0 Å². The molecule has 1 unspecified atom stereocenters. The molecule has 0 aliphatic carbocycles. The van der Waals surface area contributed by atoms with Crippen LogP contribution in [0.15, 0.2) is 0 Å². The number of rotatable bonds is 53. The molecule has 614 valence electrons. The van der Waals surface area contributed by atoms with Crippen molar-refractivity contribution in [2.75, 3.05) is 79.3 Å². The maximum absolute atomic E-state index is 10.3. The highest BCUT2D eigenvalue weighted by Crippen LogP contribution is 2.37. The summed E-state index contributed by atoms with van der Waals surface area (Å²) in [4.78, 5) is 0. The molecule has 0 aliphatic heterocycles. The minimum absolute atomic E-state index is 0.00640. The predicted molar refractivity (Wildman–Crippen MR) is 461 cm³/mol. The number of ether oxygens (including phenoxy) is 3. The summed E-state index contributed by atoms with van der Waals surface area (Å²) in [6.45, 7) is 80.7. The maximum atomic E-state index is 10.3. The van der Waals surface area contributed by atoms with Gasteiger partial charge in [-0.15, -0.1) is 0 Å². The van der Waals surface area contributed by atoms with Gasteiger partial charge in [-0.05, 0) is 298 Å². The van der Waals surface area contributed by atoms with Crippen LogP contribution >= 0.6 is 0 Å². The van der Waals surface area contributed by atoms with E-state index in [-0.39, 0.29) is 52.9 Å². The van der Waals surface area contributed by atoms with Crippen LogP contribution in [0.2, 0.25) is 259 Å². The summed E-state index contributed by atoms with van der Waals surface area (Å²) in [5, 5.41) is 75.5. The van der Waals surface area contributed by atoms with Crippen LogP contribution in [0, 0.1) is 10.8 Å². The summed E-state index contributed by atoms with van der Waals surface area (Å²) in [5.41, 5.74) is -1.01. The van der Waals surface area contributed by atoms with Gasteiger partial charge in [-0.25, -0.2) is 0 Å². The largest absolute Gasteiger partial charge is 0.437 e. The average Bonchev–Trinajstić information content (AvgIpc) is 0.855. The normalized spacial score (nSPS) is 14.7. The summed E-state index contributed by atoms with van der Waals surface area (Å²) in [5.74, 6) is 0. The first-order valence-electron chi connectivity index (χ1n) is 37.7. The first kappa shape index (κ1) is 110. The Labute approximate surface area is 637 Å². The Balaban J connectivity index is -0.000000637. The van der Waals surface area contributed by atoms with Gasteiger partial charge < -0.3 is 96.2 Å². The minimum atomic E-state index is -2.32. The van der Waals surface area contributed by atoms with E-state index in [0.29, 0.717) is 32.8 Å². The molecule has 0 fully saturated rings. The van der Waals surface area contributed by atoms with Gasteiger partial charge in [0.15, 0.2) is 83.2 Å². The predicted octanol–water partition coefficient (Wildman–Crippen LogP) is 15.7. The van der Waals surface area contributed by atoms with E-state index < -0.39 is 149 Å². The van der Waals surface area contributed by atoms with Crippen molar-refractivity contribution >= 4 is 126 Å². The smallest absolute Gasteiger partial charge is 0.314 e. The van der Waals surface area contributed by atoms with Crippen LogP contribution in [0.5, 0.6) is 0 Å². The summed E-state index contributed by atoms with van der Waals surface area (Å²) in [7, 11) is -28.1. The highest BCUT2D eigenvalue weighted by molar-refractivity contribution is 6.91. The molecule has 0 aromatic rings. The Morgan fingerprint density at radius 3 is 0.693 bits per heavy atom. The van der Waals surface area contributed by atoms with Crippen molar-refractivity contribution in [3.63, 3.8) is 0 Å². The fourth-order valence-electron chi connectivity index (χ4n) is 12.0. The van der Waals surface area contributed by atoms with Gasteiger partial charge in [0.1, 0.15) is 12.2 Å². The second-order valence-corrected chi connectivity index (χ2v) is 103. The Hall–Kier alpha value is 2.41. The van der Waals surface area contributed by atoms with Crippen molar-refractivity contribution in [1.82, 2.24) is 0 Å². The lowest BCUT2D eigenvalue weighted by molar-refractivity contribution is -0.0298. The van der Waals surface area contributed by atoms with Gasteiger partial charge in [0.2, 0.25) is 0 Å². The van der Waals surface area contributed by atoms with Gasteiger partial charge in [-0.1, -0.05) is 19.8 Å². The second-order valence-electron chi connectivity index (χ2n) is 38.6. The first-order valence-corrected chi connectivity index (χ1v) is 84.4. The molecule has 0 spiro atoms. The van der Waals surface area contributed by atoms with Crippen molar-refractivity contribution in [1.29, 1.82) is 0 Å². The van der Waals surface area contributed by atoms with Crippen LogP contribution in [-0.4, -0.2) is 258 Å². The zero-order valence-corrected chi connectivity index (χ0v) is 87.2. The molecule has 21 nitrogen and oxygen atoms in total. The van der Waals surface area contributed by atoms with Crippen LogP contribution in [0.4, 0.5) is 0 Å². The Morgan fingerprint density at radius 1 is 0.277 bits per heavy atom. The van der Waals surface area contributed by atoms with Gasteiger partial charge >= 0.3 is 42.8 Å². The molecule has 0 bridgehead atoms. The van der Waals surface area contributed by atoms with Crippen LogP contribution in [0.3, 0.4) is 0 Å². The summed E-state index contributed by atoms with van der Waals surface area (Å²) in [6, 6.07) is 4.49. The standard InChI is InChI=1S/C23H60O6Si6.C16H40O5Si3.2C13H34O5Si3/c1-30(2,3)26-34(13,27-31(4,5)6)19-15-17-23(21-24,22-25)18-16-20-35(14,28-32(7,8)9)29-33(10,11)12;1-9-16(13-17,14-18)15-19-11-10-12-24(8,20-22(2,3)4)21-23(5,6)7;1-19(2,3)17-21(7,18-20(4,5)6)10-8-9-16-12-13(15)11-14;1-19(2,3)17-21(7,18-20(4,5)6)10-8-9-16-13(11-14)12-15/h24-25H,15-22H2,1-14H3;17-18H,9-15H2,1-8H3;2*13-15H,8-12H2,1-7H3. The van der Waals surface area contributed by atoms with E-state index in [9.17, 15) is 25.5 Å². The third-order valence-electron chi connectivity index (χ3n) is 14.3. The number of aliphatic hydroxyl groups is 8. The fourth-order valence-corrected chi connectivity index (χ4v) is 74.6. The van der Waals surface area contributed by atoms with E-state index in [1.165, 1.54) is 0 Å². The van der Waals surface area contributed by atoms with E-state index in [2.05, 4.69) is 229 Å². The molecule has 0 heterocycles. The molecule has 0 rings (SSSR count). The van der Waals surface area contributed by atoms with E-state index in [4.69, 9.17) is 70.7 Å². The van der Waals surface area contributed by atoms with Crippen LogP contribution in [-0.2, 0) is 55.4 Å². The van der Waals surface area contributed by atoms with E-state index in [0.717, 1.165) is 75.2 Å². The van der Waals surface area contributed by atoms with E-state index in [1.54, 1.807) is 0 Å². The molecule has 0 aromatic heterocycles. The molecule has 0 saturated heterocycles. The highest BCUT2D eigenvalue weighted by Gasteiger charge is 2.46. The van der Waals surface area contributed by atoms with Crippen molar-refractivity contribution in [3.8, 4) is 0 Å². The number of hydrogen-bond acceptors (Lipinski definition) is 21. The summed E-state index contributed by atoms with van der Waals surface area (Å²) < 4.78 is 81.6. The van der Waals surface area contributed by atoms with Crippen molar-refractivity contribution in [2.45, 2.75) is 330 Å². The van der Waals surface area contributed by atoms with Crippen LogP contribution in [0.1, 0.15) is 58.3 Å². The van der Waals surface area contributed by atoms with Crippen LogP contribution < -0.4 is 0 Å². The first-order chi connectivity index (χ1) is 44.9. The SMILES string of the molecule is CCC(CO)(CO)COCCC[Si](C)(O[Si](C)(C)C)O[Si](C)(C)C.C[Si](C)(C)O[Si](C)(CCCC(CO)(CO)CCC[Si](C)(O[Si](C)(C)C)O[Si](C)(C)C)O[Si](C)(C)C.C[Si](C)(C)O[Si](C)(CCCOC(CO)CO)O[Si](C)(C)C.C[Si](C)(C)O[Si](C)(CCCOCC(O)CO)O[Si](C)(C)C. The van der Waals surface area contributed by atoms with Crippen LogP contribution in [0.25, 0.3) is 0 Å². The Kier molecular flexibility index (Phi) is 52.0. The highest BCUT2D eigenvalue weighted by atomic mass is 28.5. The van der Waals surface area contributed by atoms with Gasteiger partial charge in [0.25, 0.3) is 0 Å². The fraction of sp³-hybridized carbons (Fsp3) is 1.00. The average molecular weight is 1710 g/mol. The molecule has 0 amide bonds. The van der Waals surface area contributed by atoms with Crippen molar-refractivity contribution < 1.29 is 96.2 Å². The minimum Gasteiger partial charge on any atom is -0.437 e. The molecule has 0 aliphatic rings. The molecule has 0 aromatic carbocycles. The van der Waals surface area contributed by atoms with Gasteiger partial charge in [-0.2, -0.15) is 0 Å². The molecule has 101 heavy (non-hydrogen) atoms. The van der Waals surface area contributed by atoms with E-state index >= 15 is 0 Å². The molecule has 8 N–H and O–H groups in total. The lowest BCUT2D eigenvalue weighted by Gasteiger charge is -2.40. The molecule has 0 saturated carbocycles. The lowest BCUT2D eigenvalue weighted by Crippen LogP contribution is -2.52. The number of aliphatic hydroxyl groups excluding tert-OH is 8. The third kappa shape index (κ3) is 64.6. The molecule has 36 heteroatoms. The van der Waals surface area contributed by atoms with E-state index in [1.807, 2.05) is 6.92 Å². The molecular formula is C65H168O21Si15. The maximum Gasteiger partial charge on any atom is 0.314 e. The Bertz CT molecular complexity index is 1970. The quantitative estimate of drug-likeness (QED) is 0.0207. The topological polar surface area (TPSA) is 282 Å². The Morgan fingerprint density at radius 2 is 0.495 bits per heavy atom. The van der Waals surface area contributed by atoms with Gasteiger partial charge in [-0.3, -0.25) is 0 Å².